The number of nitrogens with one attached hydrogen (secondary N) is 1. The number of carbonyl (C=O) groups excluding carboxylic acids is 1. The van der Waals surface area contributed by atoms with Gasteiger partial charge in [-0.3, -0.25) is 5.10 Å². The van der Waals surface area contributed by atoms with Crippen LogP contribution >= 0.6 is 23.8 Å². The molecule has 0 radical (unpaired) electrons. The van der Waals surface area contributed by atoms with E-state index in [2.05, 4.69) is 15.3 Å². The molecule has 0 atom stereocenters. The Morgan fingerprint density at radius 2 is 2.00 bits per heavy atom. The lowest BCUT2D eigenvalue weighted by molar-refractivity contribution is 0.0729. The third-order valence-corrected chi connectivity index (χ3v) is 4.12. The minimum absolute atomic E-state index is 0.297. The number of ether oxygens (including phenoxy) is 2. The first-order chi connectivity index (χ1) is 13.0. The van der Waals surface area contributed by atoms with Crippen molar-refractivity contribution in [1.29, 1.82) is 0 Å². The molecule has 0 amide bonds. The zero-order valence-electron chi connectivity index (χ0n) is 14.5. The van der Waals surface area contributed by atoms with Crippen LogP contribution in [0.5, 0.6) is 11.5 Å². The molecule has 0 saturated heterocycles. The number of benzene rings is 2. The first-order valence-electron chi connectivity index (χ1n) is 7.82. The number of carbonyl (C=O) groups is 1. The number of aromatic amines is 1. The Balaban J connectivity index is 1.81. The standard InChI is InChI=1S/C18H15ClN4O3S/c1-11-21-22-18(27)23(11)20-10-12-3-8-15(16(9-12)25-2)26-17(24)13-4-6-14(19)7-5-13/h3-10H,1-2H3,(H,22,27)/b20-10+. The minimum atomic E-state index is -0.508. The van der Waals surface area contributed by atoms with Crippen LogP contribution in [0.3, 0.4) is 0 Å². The molecule has 0 spiro atoms. The minimum Gasteiger partial charge on any atom is -0.493 e. The molecule has 1 N–H and O–H groups in total. The topological polar surface area (TPSA) is 81.5 Å². The first-order valence-corrected chi connectivity index (χ1v) is 8.60. The molecule has 0 bridgehead atoms. The first kappa shape index (κ1) is 18.8. The number of methoxy groups -OCH3 is 1. The fraction of sp³-hybridized carbons (Fsp3) is 0.111. The summed E-state index contributed by atoms with van der Waals surface area (Å²) in [5, 5.41) is 11.5. The summed E-state index contributed by atoms with van der Waals surface area (Å²) in [6.07, 6.45) is 1.60. The van der Waals surface area contributed by atoms with Crippen molar-refractivity contribution < 1.29 is 14.3 Å². The van der Waals surface area contributed by atoms with Gasteiger partial charge in [0.25, 0.3) is 0 Å². The average Bonchev–Trinajstić information content (AvgIpc) is 2.99. The van der Waals surface area contributed by atoms with Crippen molar-refractivity contribution in [2.45, 2.75) is 6.92 Å². The summed E-state index contributed by atoms with van der Waals surface area (Å²) < 4.78 is 12.6. The van der Waals surface area contributed by atoms with Crippen molar-refractivity contribution >= 4 is 36.0 Å². The maximum absolute atomic E-state index is 12.3. The summed E-state index contributed by atoms with van der Waals surface area (Å²) in [5.41, 5.74) is 1.12. The summed E-state index contributed by atoms with van der Waals surface area (Å²) in [6.45, 7) is 1.78. The highest BCUT2D eigenvalue weighted by Crippen LogP contribution is 2.28. The van der Waals surface area contributed by atoms with Crippen LogP contribution in [0.25, 0.3) is 0 Å². The Bertz CT molecular complexity index is 1060. The molecular formula is C18H15ClN4O3S. The van der Waals surface area contributed by atoms with Crippen LogP contribution < -0.4 is 9.47 Å². The molecule has 1 aromatic heterocycles. The second-order valence-corrected chi connectivity index (χ2v) is 6.26. The molecule has 1 heterocycles. The third kappa shape index (κ3) is 4.42. The molecule has 27 heavy (non-hydrogen) atoms. The maximum atomic E-state index is 12.3. The number of esters is 1. The number of aryl methyl sites for hydroxylation is 1. The zero-order chi connectivity index (χ0) is 19.4. The molecule has 7 nitrogen and oxygen atoms in total. The van der Waals surface area contributed by atoms with Crippen LogP contribution in [0, 0.1) is 11.7 Å². The number of aromatic nitrogens is 3. The highest BCUT2D eigenvalue weighted by Gasteiger charge is 2.13. The molecule has 0 aliphatic carbocycles. The summed E-state index contributed by atoms with van der Waals surface area (Å²) in [5.74, 6) is 0.822. The van der Waals surface area contributed by atoms with Crippen molar-refractivity contribution in [1.82, 2.24) is 14.9 Å². The molecule has 138 valence electrons. The summed E-state index contributed by atoms with van der Waals surface area (Å²) >= 11 is 10.9. The van der Waals surface area contributed by atoms with Crippen molar-refractivity contribution in [2.24, 2.45) is 5.10 Å². The molecular weight excluding hydrogens is 388 g/mol. The van der Waals surface area contributed by atoms with Gasteiger partial charge in [-0.15, -0.1) is 0 Å². The van der Waals surface area contributed by atoms with Crippen LogP contribution in [0.1, 0.15) is 21.7 Å². The van der Waals surface area contributed by atoms with E-state index >= 15 is 0 Å². The van der Waals surface area contributed by atoms with Gasteiger partial charge >= 0.3 is 5.97 Å². The van der Waals surface area contributed by atoms with Crippen LogP contribution in [-0.4, -0.2) is 34.2 Å². The SMILES string of the molecule is COc1cc(/C=N/n2c(C)n[nH]c2=S)ccc1OC(=O)c1ccc(Cl)cc1. The van der Waals surface area contributed by atoms with E-state index in [0.29, 0.717) is 32.7 Å². The van der Waals surface area contributed by atoms with Crippen molar-refractivity contribution in [3.05, 3.63) is 69.2 Å². The van der Waals surface area contributed by atoms with Gasteiger partial charge in [0.15, 0.2) is 11.5 Å². The number of halogens is 1. The van der Waals surface area contributed by atoms with Gasteiger partial charge in [-0.1, -0.05) is 11.6 Å². The van der Waals surface area contributed by atoms with E-state index in [1.54, 1.807) is 55.6 Å². The Morgan fingerprint density at radius 3 is 2.63 bits per heavy atom. The molecule has 2 aromatic carbocycles. The van der Waals surface area contributed by atoms with Gasteiger partial charge in [0.2, 0.25) is 4.77 Å². The zero-order valence-corrected chi connectivity index (χ0v) is 16.0. The lowest BCUT2D eigenvalue weighted by atomic mass is 10.2. The molecule has 9 heteroatoms. The number of hydrogen-bond acceptors (Lipinski definition) is 6. The summed E-state index contributed by atoms with van der Waals surface area (Å²) in [6, 6.07) is 11.5. The predicted molar refractivity (Wildman–Crippen MR) is 105 cm³/mol. The van der Waals surface area contributed by atoms with Crippen LogP contribution in [0.15, 0.2) is 47.6 Å². The highest BCUT2D eigenvalue weighted by atomic mass is 35.5. The van der Waals surface area contributed by atoms with Gasteiger partial charge in [0.1, 0.15) is 5.82 Å². The number of H-pyrrole nitrogens is 1. The Morgan fingerprint density at radius 1 is 1.26 bits per heavy atom. The van der Waals surface area contributed by atoms with Gasteiger partial charge in [0, 0.05) is 5.02 Å². The van der Waals surface area contributed by atoms with E-state index in [4.69, 9.17) is 33.3 Å². The van der Waals surface area contributed by atoms with Gasteiger partial charge in [-0.2, -0.15) is 14.9 Å². The normalized spacial score (nSPS) is 10.9. The average molecular weight is 403 g/mol. The molecule has 3 rings (SSSR count). The molecule has 0 fully saturated rings. The molecule has 0 unspecified atom stereocenters. The molecule has 3 aromatic rings. The molecule has 0 aliphatic rings. The Labute approximate surface area is 165 Å². The fourth-order valence-corrected chi connectivity index (χ4v) is 2.58. The van der Waals surface area contributed by atoms with Gasteiger partial charge in [0.05, 0.1) is 18.9 Å². The van der Waals surface area contributed by atoms with E-state index in [9.17, 15) is 4.79 Å². The van der Waals surface area contributed by atoms with Crippen LogP contribution in [0.2, 0.25) is 5.02 Å². The second kappa shape index (κ2) is 8.15. The Hall–Kier alpha value is -2.97. The largest absolute Gasteiger partial charge is 0.493 e. The number of rotatable bonds is 5. The van der Waals surface area contributed by atoms with E-state index in [0.717, 1.165) is 5.56 Å². The lowest BCUT2D eigenvalue weighted by Crippen LogP contribution is -2.09. The quantitative estimate of drug-likeness (QED) is 0.302. The second-order valence-electron chi connectivity index (χ2n) is 5.44. The number of nitrogens with zero attached hydrogens (tertiary/aromatic N) is 3. The Kier molecular flexibility index (Phi) is 5.68. The van der Waals surface area contributed by atoms with E-state index in [1.807, 2.05) is 0 Å². The van der Waals surface area contributed by atoms with Gasteiger partial charge in [-0.25, -0.2) is 4.79 Å². The van der Waals surface area contributed by atoms with Crippen molar-refractivity contribution in [3.8, 4) is 11.5 Å². The van der Waals surface area contributed by atoms with Gasteiger partial charge in [-0.05, 0) is 67.2 Å². The van der Waals surface area contributed by atoms with Crippen LogP contribution in [0.4, 0.5) is 0 Å². The molecule has 0 aliphatic heterocycles. The lowest BCUT2D eigenvalue weighted by Gasteiger charge is -2.10. The third-order valence-electron chi connectivity index (χ3n) is 3.60. The highest BCUT2D eigenvalue weighted by molar-refractivity contribution is 7.71. The van der Waals surface area contributed by atoms with Crippen molar-refractivity contribution in [3.63, 3.8) is 0 Å². The van der Waals surface area contributed by atoms with Crippen LogP contribution in [-0.2, 0) is 0 Å². The molecule has 0 saturated carbocycles. The monoisotopic (exact) mass is 402 g/mol. The van der Waals surface area contributed by atoms with Crippen molar-refractivity contribution in [2.75, 3.05) is 7.11 Å². The van der Waals surface area contributed by atoms with Gasteiger partial charge < -0.3 is 9.47 Å². The summed E-state index contributed by atoms with van der Waals surface area (Å²) in [4.78, 5) is 12.3. The van der Waals surface area contributed by atoms with E-state index in [1.165, 1.54) is 11.8 Å². The maximum Gasteiger partial charge on any atom is 0.343 e. The van der Waals surface area contributed by atoms with E-state index in [-0.39, 0.29) is 0 Å². The fourth-order valence-electron chi connectivity index (χ4n) is 2.22. The summed E-state index contributed by atoms with van der Waals surface area (Å²) in [7, 11) is 1.49. The predicted octanol–water partition coefficient (Wildman–Crippen LogP) is 4.01. The van der Waals surface area contributed by atoms with E-state index < -0.39 is 5.97 Å². The smallest absolute Gasteiger partial charge is 0.343 e. The number of hydrogen-bond donors (Lipinski definition) is 1.